The number of carboxylic acid groups (broad SMARTS) is 1. The van der Waals surface area contributed by atoms with Crippen molar-refractivity contribution in [2.24, 2.45) is 5.92 Å². The molecule has 0 bridgehead atoms. The SMILES string of the molecule is C[C@@H](/C=C/C(=O)O)[C@@H](OC(=O)Nc1ccc2c(c1)OCO2)c1ccc(O)cc1. The number of aromatic hydroxyl groups is 1. The highest BCUT2D eigenvalue weighted by atomic mass is 16.7. The third kappa shape index (κ3) is 4.73. The van der Waals surface area contributed by atoms with Crippen LogP contribution in [0.5, 0.6) is 17.2 Å². The zero-order valence-corrected chi connectivity index (χ0v) is 15.0. The lowest BCUT2D eigenvalue weighted by Crippen LogP contribution is -2.21. The molecule has 3 rings (SSSR count). The van der Waals surface area contributed by atoms with E-state index in [0.717, 1.165) is 6.08 Å². The van der Waals surface area contributed by atoms with Crippen LogP contribution in [0, 0.1) is 5.92 Å². The molecule has 0 saturated carbocycles. The van der Waals surface area contributed by atoms with Crippen LogP contribution in [0.25, 0.3) is 0 Å². The Morgan fingerprint density at radius 2 is 1.86 bits per heavy atom. The molecule has 2 aromatic carbocycles. The Balaban J connectivity index is 1.75. The molecule has 0 spiro atoms. The Labute approximate surface area is 161 Å². The highest BCUT2D eigenvalue weighted by Gasteiger charge is 2.23. The van der Waals surface area contributed by atoms with E-state index < -0.39 is 24.1 Å². The van der Waals surface area contributed by atoms with Crippen LogP contribution in [0.1, 0.15) is 18.6 Å². The Morgan fingerprint density at radius 3 is 2.57 bits per heavy atom. The molecule has 1 heterocycles. The molecule has 0 aromatic heterocycles. The smallest absolute Gasteiger partial charge is 0.412 e. The van der Waals surface area contributed by atoms with Gasteiger partial charge in [0.2, 0.25) is 6.79 Å². The molecule has 1 aliphatic rings. The van der Waals surface area contributed by atoms with Crippen molar-refractivity contribution in [2.75, 3.05) is 12.1 Å². The van der Waals surface area contributed by atoms with Gasteiger partial charge in [0.15, 0.2) is 11.5 Å². The van der Waals surface area contributed by atoms with Crippen molar-refractivity contribution in [2.45, 2.75) is 13.0 Å². The highest BCUT2D eigenvalue weighted by Crippen LogP contribution is 2.34. The van der Waals surface area contributed by atoms with Gasteiger partial charge in [-0.1, -0.05) is 25.1 Å². The number of nitrogens with one attached hydrogen (secondary N) is 1. The number of ether oxygens (including phenoxy) is 3. The number of hydrogen-bond donors (Lipinski definition) is 3. The van der Waals surface area contributed by atoms with Gasteiger partial charge >= 0.3 is 12.1 Å². The van der Waals surface area contributed by atoms with E-state index in [2.05, 4.69) is 5.32 Å². The molecular formula is C20H19NO7. The van der Waals surface area contributed by atoms with Gasteiger partial charge in [-0.05, 0) is 29.8 Å². The Bertz CT molecular complexity index is 892. The second kappa shape index (κ2) is 8.34. The van der Waals surface area contributed by atoms with E-state index in [-0.39, 0.29) is 12.5 Å². The molecule has 1 amide bonds. The fourth-order valence-electron chi connectivity index (χ4n) is 2.71. The van der Waals surface area contributed by atoms with Crippen molar-refractivity contribution in [1.82, 2.24) is 0 Å². The lowest BCUT2D eigenvalue weighted by Gasteiger charge is -2.22. The second-order valence-corrected chi connectivity index (χ2v) is 6.17. The summed E-state index contributed by atoms with van der Waals surface area (Å²) in [5.74, 6) is -0.343. The molecule has 2 aromatic rings. The standard InChI is InChI=1S/C20H19NO7/c1-12(2-9-18(23)24)19(13-3-6-15(22)7-4-13)28-20(25)21-14-5-8-16-17(10-14)27-11-26-16/h2-10,12,19,22H,11H2,1H3,(H,21,25)(H,23,24)/b9-2+/t12-,19+/m0/s1. The third-order valence-corrected chi connectivity index (χ3v) is 4.09. The third-order valence-electron chi connectivity index (χ3n) is 4.09. The van der Waals surface area contributed by atoms with Crippen LogP contribution in [0.15, 0.2) is 54.6 Å². The molecule has 0 saturated heterocycles. The molecular weight excluding hydrogens is 366 g/mol. The first kappa shape index (κ1) is 19.1. The van der Waals surface area contributed by atoms with Gasteiger partial charge in [0.05, 0.1) is 0 Å². The van der Waals surface area contributed by atoms with Crippen LogP contribution in [0.4, 0.5) is 10.5 Å². The number of benzene rings is 2. The van der Waals surface area contributed by atoms with E-state index >= 15 is 0 Å². The molecule has 8 heteroatoms. The van der Waals surface area contributed by atoms with Crippen molar-refractivity contribution >= 4 is 17.7 Å². The topological polar surface area (TPSA) is 114 Å². The average molecular weight is 385 g/mol. The minimum Gasteiger partial charge on any atom is -0.508 e. The van der Waals surface area contributed by atoms with Gasteiger partial charge in [-0.15, -0.1) is 0 Å². The number of carbonyl (C=O) groups is 2. The summed E-state index contributed by atoms with van der Waals surface area (Å²) in [6.45, 7) is 1.85. The molecule has 28 heavy (non-hydrogen) atoms. The fraction of sp³-hybridized carbons (Fsp3) is 0.200. The van der Waals surface area contributed by atoms with Crippen molar-refractivity contribution in [3.8, 4) is 17.2 Å². The van der Waals surface area contributed by atoms with Gasteiger partial charge in [0, 0.05) is 23.7 Å². The molecule has 0 unspecified atom stereocenters. The van der Waals surface area contributed by atoms with Crippen LogP contribution >= 0.6 is 0 Å². The zero-order valence-electron chi connectivity index (χ0n) is 15.0. The summed E-state index contributed by atoms with van der Waals surface area (Å²) in [7, 11) is 0. The normalized spacial score (nSPS) is 14.5. The molecule has 8 nitrogen and oxygen atoms in total. The maximum Gasteiger partial charge on any atom is 0.412 e. The number of amides is 1. The first-order valence-electron chi connectivity index (χ1n) is 8.49. The highest BCUT2D eigenvalue weighted by molar-refractivity contribution is 5.85. The predicted octanol–water partition coefficient (Wildman–Crippen LogP) is 3.69. The summed E-state index contributed by atoms with van der Waals surface area (Å²) in [6.07, 6.45) is 0.961. The Kier molecular flexibility index (Phi) is 5.69. The van der Waals surface area contributed by atoms with Crippen LogP contribution in [0.2, 0.25) is 0 Å². The van der Waals surface area contributed by atoms with Crippen molar-refractivity contribution in [3.05, 3.63) is 60.2 Å². The Morgan fingerprint density at radius 1 is 1.14 bits per heavy atom. The van der Waals surface area contributed by atoms with Crippen molar-refractivity contribution in [1.29, 1.82) is 0 Å². The minimum atomic E-state index is -1.10. The van der Waals surface area contributed by atoms with Crippen LogP contribution in [-0.4, -0.2) is 29.1 Å². The van der Waals surface area contributed by atoms with E-state index in [1.54, 1.807) is 37.3 Å². The van der Waals surface area contributed by atoms with E-state index in [9.17, 15) is 14.7 Å². The van der Waals surface area contributed by atoms with Gasteiger partial charge in [0.1, 0.15) is 11.9 Å². The zero-order chi connectivity index (χ0) is 20.1. The lowest BCUT2D eigenvalue weighted by atomic mass is 9.96. The number of anilines is 1. The number of rotatable bonds is 6. The van der Waals surface area contributed by atoms with E-state index in [4.69, 9.17) is 19.3 Å². The lowest BCUT2D eigenvalue weighted by molar-refractivity contribution is -0.131. The summed E-state index contributed by atoms with van der Waals surface area (Å²) in [5.41, 5.74) is 1.08. The summed E-state index contributed by atoms with van der Waals surface area (Å²) in [4.78, 5) is 23.2. The number of aliphatic carboxylic acids is 1. The van der Waals surface area contributed by atoms with Gasteiger partial charge in [-0.2, -0.15) is 0 Å². The largest absolute Gasteiger partial charge is 0.508 e. The monoisotopic (exact) mass is 385 g/mol. The Hall–Kier alpha value is -3.68. The number of phenolic OH excluding ortho intramolecular Hbond substituents is 1. The number of carboxylic acids is 1. The van der Waals surface area contributed by atoms with Gasteiger partial charge in [-0.25, -0.2) is 9.59 Å². The van der Waals surface area contributed by atoms with Crippen LogP contribution in [-0.2, 0) is 9.53 Å². The van der Waals surface area contributed by atoms with Crippen LogP contribution < -0.4 is 14.8 Å². The maximum atomic E-state index is 12.4. The van der Waals surface area contributed by atoms with Crippen molar-refractivity contribution < 1.29 is 34.0 Å². The van der Waals surface area contributed by atoms with E-state index in [1.165, 1.54) is 18.2 Å². The summed E-state index contributed by atoms with van der Waals surface area (Å²) in [6, 6.07) is 11.1. The first-order valence-corrected chi connectivity index (χ1v) is 8.49. The average Bonchev–Trinajstić information content (AvgIpc) is 3.13. The van der Waals surface area contributed by atoms with E-state index in [0.29, 0.717) is 22.7 Å². The number of hydrogen-bond acceptors (Lipinski definition) is 6. The van der Waals surface area contributed by atoms with E-state index in [1.807, 2.05) is 0 Å². The first-order chi connectivity index (χ1) is 13.4. The molecule has 0 radical (unpaired) electrons. The second-order valence-electron chi connectivity index (χ2n) is 6.17. The maximum absolute atomic E-state index is 12.4. The quantitative estimate of drug-likeness (QED) is 0.650. The fourth-order valence-corrected chi connectivity index (χ4v) is 2.71. The van der Waals surface area contributed by atoms with Gasteiger partial charge < -0.3 is 24.4 Å². The van der Waals surface area contributed by atoms with Gasteiger partial charge in [0.25, 0.3) is 0 Å². The van der Waals surface area contributed by atoms with Crippen LogP contribution in [0.3, 0.4) is 0 Å². The minimum absolute atomic E-state index is 0.0704. The molecule has 2 atom stereocenters. The van der Waals surface area contributed by atoms with Crippen molar-refractivity contribution in [3.63, 3.8) is 0 Å². The molecule has 1 aliphatic heterocycles. The number of phenols is 1. The van der Waals surface area contributed by atoms with Gasteiger partial charge in [-0.3, -0.25) is 5.32 Å². The number of fused-ring (bicyclic) bond motifs is 1. The summed E-state index contributed by atoms with van der Waals surface area (Å²) >= 11 is 0. The summed E-state index contributed by atoms with van der Waals surface area (Å²) < 4.78 is 16.0. The molecule has 0 fully saturated rings. The molecule has 3 N–H and O–H groups in total. The molecule has 146 valence electrons. The number of carbonyl (C=O) groups excluding carboxylic acids is 1. The molecule has 0 aliphatic carbocycles. The summed E-state index contributed by atoms with van der Waals surface area (Å²) in [5, 5.41) is 20.9. The predicted molar refractivity (Wildman–Crippen MR) is 99.5 cm³/mol.